The first-order chi connectivity index (χ1) is 7.79. The molecule has 2 bridgehead atoms. The van der Waals surface area contributed by atoms with Gasteiger partial charge in [0.15, 0.2) is 0 Å². The summed E-state index contributed by atoms with van der Waals surface area (Å²) < 4.78 is 5.28. The van der Waals surface area contributed by atoms with E-state index in [2.05, 4.69) is 0 Å². The van der Waals surface area contributed by atoms with Crippen LogP contribution < -0.4 is 0 Å². The number of carboxylic acid groups (broad SMARTS) is 1. The van der Waals surface area contributed by atoms with Gasteiger partial charge in [0, 0.05) is 6.04 Å². The summed E-state index contributed by atoms with van der Waals surface area (Å²) in [6.07, 6.45) is 2.11. The summed E-state index contributed by atoms with van der Waals surface area (Å²) in [4.78, 5) is 24.7. The quantitative estimate of drug-likeness (QED) is 0.761. The summed E-state index contributed by atoms with van der Waals surface area (Å²) >= 11 is 0. The second kappa shape index (κ2) is 3.89. The van der Waals surface area contributed by atoms with Crippen molar-refractivity contribution in [3.63, 3.8) is 0 Å². The number of aliphatic carboxylic acids is 1. The maximum atomic E-state index is 12.0. The number of nitrogens with zero attached hydrogens (tertiary/aromatic N) is 1. The monoisotopic (exact) mass is 241 g/mol. The summed E-state index contributed by atoms with van der Waals surface area (Å²) in [5.74, 6) is -0.812. The van der Waals surface area contributed by atoms with Gasteiger partial charge >= 0.3 is 12.1 Å². The van der Waals surface area contributed by atoms with Crippen molar-refractivity contribution in [3.05, 3.63) is 0 Å². The van der Waals surface area contributed by atoms with Crippen molar-refractivity contribution >= 4 is 12.1 Å². The van der Waals surface area contributed by atoms with E-state index in [0.717, 1.165) is 19.3 Å². The van der Waals surface area contributed by atoms with Gasteiger partial charge in [-0.1, -0.05) is 0 Å². The van der Waals surface area contributed by atoms with Gasteiger partial charge in [-0.2, -0.15) is 0 Å². The summed E-state index contributed by atoms with van der Waals surface area (Å²) in [6.45, 7) is 5.36. The van der Waals surface area contributed by atoms with Gasteiger partial charge in [0.1, 0.15) is 11.6 Å². The molecule has 1 N–H and O–H groups in total. The average molecular weight is 241 g/mol. The second-order valence-corrected chi connectivity index (χ2v) is 5.90. The van der Waals surface area contributed by atoms with E-state index in [4.69, 9.17) is 4.74 Å². The van der Waals surface area contributed by atoms with Crippen LogP contribution in [-0.4, -0.2) is 39.8 Å². The molecule has 96 valence electrons. The maximum Gasteiger partial charge on any atom is 0.411 e. The lowest BCUT2D eigenvalue weighted by molar-refractivity contribution is -0.144. The van der Waals surface area contributed by atoms with Gasteiger partial charge in [-0.3, -0.25) is 4.90 Å². The van der Waals surface area contributed by atoms with Crippen LogP contribution in [0.3, 0.4) is 0 Å². The van der Waals surface area contributed by atoms with Gasteiger partial charge in [0.2, 0.25) is 0 Å². The Morgan fingerprint density at radius 3 is 2.47 bits per heavy atom. The number of carbonyl (C=O) groups excluding carboxylic acids is 1. The number of rotatable bonds is 1. The fourth-order valence-electron chi connectivity index (χ4n) is 2.88. The Hall–Kier alpha value is -1.26. The van der Waals surface area contributed by atoms with E-state index in [1.165, 1.54) is 4.90 Å². The average Bonchev–Trinajstić information content (AvgIpc) is 2.72. The third-order valence-electron chi connectivity index (χ3n) is 3.44. The number of hydrogen-bond acceptors (Lipinski definition) is 3. The molecule has 17 heavy (non-hydrogen) atoms. The Morgan fingerprint density at radius 1 is 1.29 bits per heavy atom. The van der Waals surface area contributed by atoms with Crippen LogP contribution in [0.5, 0.6) is 0 Å². The molecule has 2 unspecified atom stereocenters. The summed E-state index contributed by atoms with van der Waals surface area (Å²) in [5, 5.41) is 9.20. The second-order valence-electron chi connectivity index (χ2n) is 5.90. The molecule has 1 saturated carbocycles. The molecule has 0 radical (unpaired) electrons. The predicted octanol–water partition coefficient (Wildman–Crippen LogP) is 1.86. The number of fused-ring (bicyclic) bond motifs is 2. The molecule has 2 fully saturated rings. The molecule has 2 aliphatic rings. The van der Waals surface area contributed by atoms with Crippen LogP contribution in [-0.2, 0) is 9.53 Å². The van der Waals surface area contributed by atoms with Crippen molar-refractivity contribution in [2.75, 3.05) is 0 Å². The van der Waals surface area contributed by atoms with Crippen LogP contribution in [0, 0.1) is 5.92 Å². The number of piperidine rings is 1. The first-order valence-corrected chi connectivity index (χ1v) is 6.04. The molecular formula is C12H19NO4. The van der Waals surface area contributed by atoms with Crippen molar-refractivity contribution in [2.45, 2.75) is 57.7 Å². The van der Waals surface area contributed by atoms with Crippen molar-refractivity contribution in [2.24, 2.45) is 5.92 Å². The number of likely N-dealkylation sites (tertiary alicyclic amines) is 1. The van der Waals surface area contributed by atoms with Crippen LogP contribution >= 0.6 is 0 Å². The fraction of sp³-hybridized carbons (Fsp3) is 0.833. The highest BCUT2D eigenvalue weighted by atomic mass is 16.6. The van der Waals surface area contributed by atoms with Crippen LogP contribution in [0.15, 0.2) is 0 Å². The molecule has 2 rings (SSSR count). The van der Waals surface area contributed by atoms with Crippen molar-refractivity contribution in [1.82, 2.24) is 4.90 Å². The lowest BCUT2D eigenvalue weighted by Crippen LogP contribution is -2.50. The number of ether oxygens (including phenoxy) is 1. The molecule has 5 nitrogen and oxygen atoms in total. The number of amides is 1. The fourth-order valence-corrected chi connectivity index (χ4v) is 2.88. The molecule has 5 heteroatoms. The molecule has 1 aliphatic heterocycles. The Kier molecular flexibility index (Phi) is 2.79. The minimum absolute atomic E-state index is 0.0518. The molecule has 0 spiro atoms. The highest BCUT2D eigenvalue weighted by Crippen LogP contribution is 2.43. The largest absolute Gasteiger partial charge is 0.480 e. The highest BCUT2D eigenvalue weighted by molar-refractivity contribution is 5.82. The zero-order valence-corrected chi connectivity index (χ0v) is 10.5. The molecular weight excluding hydrogens is 222 g/mol. The summed E-state index contributed by atoms with van der Waals surface area (Å²) in [6, 6.07) is -0.639. The molecule has 0 aromatic heterocycles. The SMILES string of the molecule is CC(C)(C)OC(=O)N1C2CCC(C2)[C@H]1C(=O)O. The molecule has 3 atom stereocenters. The predicted molar refractivity (Wildman–Crippen MR) is 60.6 cm³/mol. The van der Waals surface area contributed by atoms with Gasteiger partial charge in [-0.25, -0.2) is 9.59 Å². The van der Waals surface area contributed by atoms with Gasteiger partial charge in [0.25, 0.3) is 0 Å². The topological polar surface area (TPSA) is 66.8 Å². The number of carbonyl (C=O) groups is 2. The minimum Gasteiger partial charge on any atom is -0.480 e. The lowest BCUT2D eigenvalue weighted by Gasteiger charge is -2.34. The standard InChI is InChI=1S/C12H19NO4/c1-12(2,3)17-11(16)13-8-5-4-7(6-8)9(13)10(14)15/h7-9H,4-6H2,1-3H3,(H,14,15)/t7?,8?,9-/m0/s1. The first kappa shape index (κ1) is 12.2. The number of carboxylic acids is 1. The van der Waals surface area contributed by atoms with Crippen molar-refractivity contribution < 1.29 is 19.4 Å². The van der Waals surface area contributed by atoms with E-state index in [-0.39, 0.29) is 12.0 Å². The van der Waals surface area contributed by atoms with E-state index >= 15 is 0 Å². The van der Waals surface area contributed by atoms with Crippen molar-refractivity contribution in [3.8, 4) is 0 Å². The summed E-state index contributed by atoms with van der Waals surface area (Å²) in [7, 11) is 0. The van der Waals surface area contributed by atoms with E-state index in [0.29, 0.717) is 0 Å². The first-order valence-electron chi connectivity index (χ1n) is 6.04. The molecule has 0 aromatic carbocycles. The molecule has 1 amide bonds. The minimum atomic E-state index is -0.914. The molecule has 0 aromatic rings. The van der Waals surface area contributed by atoms with Crippen LogP contribution in [0.2, 0.25) is 0 Å². The maximum absolute atomic E-state index is 12.0. The molecule has 1 aliphatic carbocycles. The Morgan fingerprint density at radius 2 is 1.94 bits per heavy atom. The Bertz CT molecular complexity index is 347. The zero-order valence-electron chi connectivity index (χ0n) is 10.5. The van der Waals surface area contributed by atoms with Crippen LogP contribution in [0.1, 0.15) is 40.0 Å². The highest BCUT2D eigenvalue weighted by Gasteiger charge is 2.52. The smallest absolute Gasteiger partial charge is 0.411 e. The Balaban J connectivity index is 2.14. The van der Waals surface area contributed by atoms with E-state index < -0.39 is 23.7 Å². The van der Waals surface area contributed by atoms with Gasteiger partial charge in [-0.15, -0.1) is 0 Å². The zero-order chi connectivity index (χ0) is 12.8. The van der Waals surface area contributed by atoms with Gasteiger partial charge in [-0.05, 0) is 46.0 Å². The van der Waals surface area contributed by atoms with E-state index in [9.17, 15) is 14.7 Å². The summed E-state index contributed by atoms with van der Waals surface area (Å²) in [5.41, 5.74) is -0.581. The van der Waals surface area contributed by atoms with E-state index in [1.54, 1.807) is 20.8 Å². The normalized spacial score (nSPS) is 31.7. The van der Waals surface area contributed by atoms with Crippen LogP contribution in [0.25, 0.3) is 0 Å². The van der Waals surface area contributed by atoms with Crippen molar-refractivity contribution in [1.29, 1.82) is 0 Å². The number of hydrogen-bond donors (Lipinski definition) is 1. The lowest BCUT2D eigenvalue weighted by atomic mass is 9.99. The Labute approximate surface area is 101 Å². The molecule has 1 saturated heterocycles. The van der Waals surface area contributed by atoms with Gasteiger partial charge < -0.3 is 9.84 Å². The third-order valence-corrected chi connectivity index (χ3v) is 3.44. The molecule has 1 heterocycles. The van der Waals surface area contributed by atoms with E-state index in [1.807, 2.05) is 0 Å². The van der Waals surface area contributed by atoms with Crippen LogP contribution in [0.4, 0.5) is 4.79 Å². The third kappa shape index (κ3) is 2.23. The van der Waals surface area contributed by atoms with Gasteiger partial charge in [0.05, 0.1) is 0 Å².